The highest BCUT2D eigenvalue weighted by Crippen LogP contribution is 2.19. The average molecular weight is 138 g/mol. The molecule has 0 aromatic heterocycles. The number of nitrogens with two attached hydrogens (primary N) is 1. The SMILES string of the molecule is CC1(N=O)C=CC=CC1N. The Morgan fingerprint density at radius 2 is 2.30 bits per heavy atom. The minimum Gasteiger partial charge on any atom is -0.322 e. The molecule has 0 aliphatic heterocycles. The standard InChI is InChI=1S/C7H10N2O/c1-7(9-10)5-3-2-4-6(7)8/h2-6H,8H2,1H3. The molecule has 1 aliphatic carbocycles. The van der Waals surface area contributed by atoms with Crippen molar-refractivity contribution in [2.75, 3.05) is 0 Å². The largest absolute Gasteiger partial charge is 0.322 e. The monoisotopic (exact) mass is 138 g/mol. The molecule has 0 heterocycles. The van der Waals surface area contributed by atoms with Crippen LogP contribution in [0.5, 0.6) is 0 Å². The van der Waals surface area contributed by atoms with E-state index in [0.717, 1.165) is 0 Å². The molecule has 0 fully saturated rings. The van der Waals surface area contributed by atoms with Crippen LogP contribution < -0.4 is 5.73 Å². The lowest BCUT2D eigenvalue weighted by atomic mass is 9.90. The van der Waals surface area contributed by atoms with Gasteiger partial charge in [0.15, 0.2) is 0 Å². The molecule has 1 rings (SSSR count). The molecule has 10 heavy (non-hydrogen) atoms. The Hall–Kier alpha value is -0.960. The van der Waals surface area contributed by atoms with Crippen LogP contribution in [0.4, 0.5) is 0 Å². The van der Waals surface area contributed by atoms with E-state index in [9.17, 15) is 4.91 Å². The van der Waals surface area contributed by atoms with Gasteiger partial charge in [-0.1, -0.05) is 29.5 Å². The second-order valence-electron chi connectivity index (χ2n) is 2.59. The summed E-state index contributed by atoms with van der Waals surface area (Å²) in [5, 5.41) is 2.95. The molecule has 0 radical (unpaired) electrons. The summed E-state index contributed by atoms with van der Waals surface area (Å²) in [7, 11) is 0. The molecule has 2 N–H and O–H groups in total. The lowest BCUT2D eigenvalue weighted by Gasteiger charge is -2.24. The van der Waals surface area contributed by atoms with E-state index in [0.29, 0.717) is 0 Å². The van der Waals surface area contributed by atoms with Gasteiger partial charge < -0.3 is 5.73 Å². The Morgan fingerprint density at radius 1 is 1.60 bits per heavy atom. The number of hydrogen-bond donors (Lipinski definition) is 1. The molecule has 3 heteroatoms. The highest BCUT2D eigenvalue weighted by molar-refractivity contribution is 5.25. The van der Waals surface area contributed by atoms with Crippen LogP contribution in [0.1, 0.15) is 6.92 Å². The zero-order valence-electron chi connectivity index (χ0n) is 5.82. The quantitative estimate of drug-likeness (QED) is 0.549. The van der Waals surface area contributed by atoms with Gasteiger partial charge in [0, 0.05) is 0 Å². The van der Waals surface area contributed by atoms with Gasteiger partial charge in [-0.25, -0.2) is 0 Å². The lowest BCUT2D eigenvalue weighted by Crippen LogP contribution is -2.41. The third-order valence-corrected chi connectivity index (χ3v) is 1.73. The predicted molar refractivity (Wildman–Crippen MR) is 40.5 cm³/mol. The van der Waals surface area contributed by atoms with Gasteiger partial charge in [-0.15, -0.1) is 4.91 Å². The summed E-state index contributed by atoms with van der Waals surface area (Å²) in [6.07, 6.45) is 7.08. The summed E-state index contributed by atoms with van der Waals surface area (Å²) in [6.45, 7) is 1.71. The molecular formula is C7H10N2O. The van der Waals surface area contributed by atoms with E-state index in [1.165, 1.54) is 0 Å². The third-order valence-electron chi connectivity index (χ3n) is 1.73. The number of allylic oxidation sites excluding steroid dienone is 2. The van der Waals surface area contributed by atoms with Crippen molar-refractivity contribution in [3.8, 4) is 0 Å². The predicted octanol–water partition coefficient (Wildman–Crippen LogP) is 0.965. The fourth-order valence-corrected chi connectivity index (χ4v) is 0.831. The van der Waals surface area contributed by atoms with Crippen molar-refractivity contribution < 1.29 is 0 Å². The van der Waals surface area contributed by atoms with E-state index in [-0.39, 0.29) is 6.04 Å². The fraction of sp³-hybridized carbons (Fsp3) is 0.429. The minimum atomic E-state index is -0.741. The van der Waals surface area contributed by atoms with Crippen molar-refractivity contribution in [1.82, 2.24) is 0 Å². The van der Waals surface area contributed by atoms with Gasteiger partial charge in [0.2, 0.25) is 0 Å². The second-order valence-corrected chi connectivity index (χ2v) is 2.59. The van der Waals surface area contributed by atoms with Crippen LogP contribution in [0.15, 0.2) is 29.5 Å². The summed E-state index contributed by atoms with van der Waals surface area (Å²) in [5.74, 6) is 0. The van der Waals surface area contributed by atoms with Crippen LogP contribution in [0.25, 0.3) is 0 Å². The van der Waals surface area contributed by atoms with Crippen molar-refractivity contribution in [2.45, 2.75) is 18.5 Å². The van der Waals surface area contributed by atoms with Gasteiger partial charge in [0.1, 0.15) is 5.54 Å². The van der Waals surface area contributed by atoms with E-state index >= 15 is 0 Å². The number of nitroso groups, excluding NO2 is 1. The molecule has 0 saturated heterocycles. The van der Waals surface area contributed by atoms with Crippen molar-refractivity contribution in [2.24, 2.45) is 10.9 Å². The van der Waals surface area contributed by atoms with E-state index in [2.05, 4.69) is 5.18 Å². The maximum absolute atomic E-state index is 10.3. The Kier molecular flexibility index (Phi) is 1.68. The second kappa shape index (κ2) is 2.34. The van der Waals surface area contributed by atoms with Crippen LogP contribution in [-0.2, 0) is 0 Å². The smallest absolute Gasteiger partial charge is 0.137 e. The van der Waals surface area contributed by atoms with Gasteiger partial charge in [0.05, 0.1) is 6.04 Å². The third kappa shape index (κ3) is 0.998. The first-order chi connectivity index (χ1) is 4.69. The van der Waals surface area contributed by atoms with E-state index in [4.69, 9.17) is 5.73 Å². The van der Waals surface area contributed by atoms with Gasteiger partial charge >= 0.3 is 0 Å². The molecule has 1 aliphatic rings. The highest BCUT2D eigenvalue weighted by Gasteiger charge is 2.29. The van der Waals surface area contributed by atoms with E-state index < -0.39 is 5.54 Å². The zero-order valence-corrected chi connectivity index (χ0v) is 5.82. The van der Waals surface area contributed by atoms with Gasteiger partial charge in [-0.05, 0) is 6.92 Å². The molecule has 54 valence electrons. The molecule has 0 spiro atoms. The minimum absolute atomic E-state index is 0.282. The summed E-state index contributed by atoms with van der Waals surface area (Å²) >= 11 is 0. The van der Waals surface area contributed by atoms with Crippen LogP contribution in [0, 0.1) is 4.91 Å². The summed E-state index contributed by atoms with van der Waals surface area (Å²) in [6, 6.07) is -0.282. The van der Waals surface area contributed by atoms with Gasteiger partial charge in [0.25, 0.3) is 0 Å². The Labute approximate surface area is 59.6 Å². The molecule has 3 nitrogen and oxygen atoms in total. The maximum Gasteiger partial charge on any atom is 0.137 e. The first-order valence-corrected chi connectivity index (χ1v) is 3.15. The molecule has 0 aromatic rings. The van der Waals surface area contributed by atoms with Gasteiger partial charge in [-0.3, -0.25) is 0 Å². The lowest BCUT2D eigenvalue weighted by molar-refractivity contribution is 0.513. The number of rotatable bonds is 1. The Balaban J connectivity index is 2.87. The van der Waals surface area contributed by atoms with Crippen molar-refractivity contribution in [1.29, 1.82) is 0 Å². The highest BCUT2D eigenvalue weighted by atomic mass is 16.3. The van der Waals surface area contributed by atoms with Crippen LogP contribution >= 0.6 is 0 Å². The summed E-state index contributed by atoms with van der Waals surface area (Å²) in [4.78, 5) is 10.3. The number of nitrogens with zero attached hydrogens (tertiary/aromatic N) is 1. The Bertz CT molecular complexity index is 198. The molecule has 0 saturated carbocycles. The topological polar surface area (TPSA) is 55.5 Å². The first kappa shape index (κ1) is 7.15. The van der Waals surface area contributed by atoms with Crippen molar-refractivity contribution in [3.63, 3.8) is 0 Å². The molecule has 2 unspecified atom stereocenters. The zero-order chi connectivity index (χ0) is 7.61. The molecular weight excluding hydrogens is 128 g/mol. The average Bonchev–Trinajstić information content (AvgIpc) is 1.96. The first-order valence-electron chi connectivity index (χ1n) is 3.15. The van der Waals surface area contributed by atoms with Crippen molar-refractivity contribution in [3.05, 3.63) is 29.2 Å². The molecule has 0 bridgehead atoms. The Morgan fingerprint density at radius 3 is 2.70 bits per heavy atom. The van der Waals surface area contributed by atoms with Crippen LogP contribution in [0.2, 0.25) is 0 Å². The van der Waals surface area contributed by atoms with E-state index in [1.54, 1.807) is 25.2 Å². The van der Waals surface area contributed by atoms with Crippen LogP contribution in [0.3, 0.4) is 0 Å². The molecule has 0 aromatic carbocycles. The number of hydrogen-bond acceptors (Lipinski definition) is 3. The van der Waals surface area contributed by atoms with E-state index in [1.807, 2.05) is 6.08 Å². The molecule has 0 amide bonds. The summed E-state index contributed by atoms with van der Waals surface area (Å²) < 4.78 is 0. The fourth-order valence-electron chi connectivity index (χ4n) is 0.831. The summed E-state index contributed by atoms with van der Waals surface area (Å²) in [5.41, 5.74) is 4.85. The van der Waals surface area contributed by atoms with Gasteiger partial charge in [-0.2, -0.15) is 0 Å². The van der Waals surface area contributed by atoms with Crippen molar-refractivity contribution >= 4 is 0 Å². The van der Waals surface area contributed by atoms with Crippen LogP contribution in [-0.4, -0.2) is 11.6 Å². The maximum atomic E-state index is 10.3. The molecule has 2 atom stereocenters. The normalized spacial score (nSPS) is 38.0.